The molecule has 0 fully saturated rings. The first kappa shape index (κ1) is 24.8. The third kappa shape index (κ3) is 6.56. The number of carbonyl (C=O) groups excluding carboxylic acids is 1. The van der Waals surface area contributed by atoms with Crippen molar-refractivity contribution in [3.63, 3.8) is 0 Å². The molecular formula is C23H16BrIN2O5S. The Labute approximate surface area is 213 Å². The minimum absolute atomic E-state index is 0.0295. The lowest BCUT2D eigenvalue weighted by molar-refractivity contribution is -0.112. The molecule has 1 N–H and O–H groups in total. The molecule has 3 rings (SSSR count). The Kier molecular flexibility index (Phi) is 8.12. The van der Waals surface area contributed by atoms with Crippen molar-refractivity contribution in [3.05, 3.63) is 85.9 Å². The van der Waals surface area contributed by atoms with E-state index in [1.807, 2.05) is 12.1 Å². The van der Waals surface area contributed by atoms with E-state index in [4.69, 9.17) is 8.92 Å². The Bertz CT molecular complexity index is 1370. The van der Waals surface area contributed by atoms with Crippen molar-refractivity contribution < 1.29 is 22.1 Å². The molecule has 0 aliphatic carbocycles. The van der Waals surface area contributed by atoms with Crippen LogP contribution < -0.4 is 14.2 Å². The van der Waals surface area contributed by atoms with Crippen LogP contribution in [-0.4, -0.2) is 21.4 Å². The summed E-state index contributed by atoms with van der Waals surface area (Å²) in [7, 11) is -2.59. The molecule has 168 valence electrons. The largest absolute Gasteiger partial charge is 0.497 e. The molecule has 1 amide bonds. The van der Waals surface area contributed by atoms with Crippen molar-refractivity contribution in [3.8, 4) is 17.6 Å². The summed E-state index contributed by atoms with van der Waals surface area (Å²) in [6.07, 6.45) is 1.40. The number of nitriles is 1. The van der Waals surface area contributed by atoms with Crippen molar-refractivity contribution in [2.45, 2.75) is 4.90 Å². The van der Waals surface area contributed by atoms with Crippen LogP contribution in [-0.2, 0) is 14.9 Å². The van der Waals surface area contributed by atoms with Crippen LogP contribution in [0.5, 0.6) is 11.5 Å². The first-order chi connectivity index (χ1) is 15.7. The smallest absolute Gasteiger partial charge is 0.339 e. The fraction of sp³-hybridized carbons (Fsp3) is 0.0435. The van der Waals surface area contributed by atoms with E-state index in [1.165, 1.54) is 43.5 Å². The highest BCUT2D eigenvalue weighted by atomic mass is 127. The van der Waals surface area contributed by atoms with Crippen molar-refractivity contribution in [1.29, 1.82) is 5.26 Å². The number of hydrogen-bond acceptors (Lipinski definition) is 6. The maximum Gasteiger partial charge on any atom is 0.339 e. The van der Waals surface area contributed by atoms with Crippen molar-refractivity contribution in [2.75, 3.05) is 12.4 Å². The number of amides is 1. The molecule has 0 aliphatic heterocycles. The second-order valence-corrected chi connectivity index (χ2v) is 10.2. The highest BCUT2D eigenvalue weighted by Crippen LogP contribution is 2.30. The van der Waals surface area contributed by atoms with Gasteiger partial charge in [0.25, 0.3) is 5.91 Å². The second-order valence-electron chi connectivity index (χ2n) is 6.54. The highest BCUT2D eigenvalue weighted by Gasteiger charge is 2.19. The van der Waals surface area contributed by atoms with Gasteiger partial charge in [-0.15, -0.1) is 0 Å². The van der Waals surface area contributed by atoms with E-state index < -0.39 is 16.0 Å². The maximum atomic E-state index is 12.6. The van der Waals surface area contributed by atoms with E-state index in [1.54, 1.807) is 30.3 Å². The zero-order valence-electron chi connectivity index (χ0n) is 17.1. The van der Waals surface area contributed by atoms with Gasteiger partial charge in [0.1, 0.15) is 22.3 Å². The number of benzene rings is 3. The molecule has 0 bridgehead atoms. The summed E-state index contributed by atoms with van der Waals surface area (Å²) in [6, 6.07) is 19.4. The van der Waals surface area contributed by atoms with Crippen LogP contribution in [0.2, 0.25) is 0 Å². The van der Waals surface area contributed by atoms with E-state index in [-0.39, 0.29) is 16.2 Å². The minimum Gasteiger partial charge on any atom is -0.497 e. The number of carbonyl (C=O) groups is 1. The molecule has 0 unspecified atom stereocenters. The lowest BCUT2D eigenvalue weighted by Crippen LogP contribution is -2.13. The van der Waals surface area contributed by atoms with Gasteiger partial charge in [-0.05, 0) is 105 Å². The summed E-state index contributed by atoms with van der Waals surface area (Å²) in [6.45, 7) is 0. The van der Waals surface area contributed by atoms with E-state index in [0.29, 0.717) is 21.5 Å². The average Bonchev–Trinajstić information content (AvgIpc) is 2.79. The van der Waals surface area contributed by atoms with Crippen LogP contribution in [0, 0.1) is 14.9 Å². The fourth-order valence-electron chi connectivity index (χ4n) is 2.66. The summed E-state index contributed by atoms with van der Waals surface area (Å²) in [5, 5.41) is 12.1. The van der Waals surface area contributed by atoms with E-state index >= 15 is 0 Å². The van der Waals surface area contributed by atoms with Crippen LogP contribution in [0.25, 0.3) is 6.08 Å². The number of rotatable bonds is 7. The topological polar surface area (TPSA) is 105 Å². The van der Waals surface area contributed by atoms with Gasteiger partial charge < -0.3 is 14.2 Å². The Morgan fingerprint density at radius 1 is 1.12 bits per heavy atom. The number of hydrogen-bond donors (Lipinski definition) is 1. The number of ether oxygens (including phenoxy) is 1. The monoisotopic (exact) mass is 638 g/mol. The predicted molar refractivity (Wildman–Crippen MR) is 136 cm³/mol. The zero-order chi connectivity index (χ0) is 24.0. The number of nitrogens with zero attached hydrogens (tertiary/aromatic N) is 1. The highest BCUT2D eigenvalue weighted by molar-refractivity contribution is 14.1. The van der Waals surface area contributed by atoms with Gasteiger partial charge >= 0.3 is 10.1 Å². The normalized spacial score (nSPS) is 11.4. The first-order valence-electron chi connectivity index (χ1n) is 9.28. The van der Waals surface area contributed by atoms with Crippen molar-refractivity contribution in [2.24, 2.45) is 0 Å². The molecule has 0 atom stereocenters. The second kappa shape index (κ2) is 10.8. The average molecular weight is 639 g/mol. The molecule has 0 saturated carbocycles. The molecule has 0 saturated heterocycles. The van der Waals surface area contributed by atoms with Gasteiger partial charge in [-0.25, -0.2) is 0 Å². The lowest BCUT2D eigenvalue weighted by Gasteiger charge is -2.10. The van der Waals surface area contributed by atoms with Gasteiger partial charge in [0, 0.05) is 9.26 Å². The number of methoxy groups -OCH3 is 1. The van der Waals surface area contributed by atoms with Crippen LogP contribution in [0.3, 0.4) is 0 Å². The van der Waals surface area contributed by atoms with E-state index in [2.05, 4.69) is 43.8 Å². The van der Waals surface area contributed by atoms with Gasteiger partial charge in [-0.3, -0.25) is 4.79 Å². The summed E-state index contributed by atoms with van der Waals surface area (Å²) in [4.78, 5) is 12.4. The Hall–Kier alpha value is -2.88. The van der Waals surface area contributed by atoms with Gasteiger partial charge in [0.15, 0.2) is 5.75 Å². The molecule has 0 radical (unpaired) electrons. The van der Waals surface area contributed by atoms with E-state index in [9.17, 15) is 18.5 Å². The summed E-state index contributed by atoms with van der Waals surface area (Å²) < 4.78 is 36.7. The predicted octanol–water partition coefficient (Wildman–Crippen LogP) is 5.38. The molecule has 7 nitrogen and oxygen atoms in total. The van der Waals surface area contributed by atoms with Crippen LogP contribution in [0.1, 0.15) is 5.56 Å². The molecular weight excluding hydrogens is 623 g/mol. The standard InChI is InChI=1S/C23H16BrIN2O5S/c1-31-19-6-8-20(9-7-19)33(29,30)32-22-10-5-15(12-21(22)24)11-16(14-26)23(28)27-18-4-2-3-17(25)13-18/h2-13H,1H3,(H,27,28)/b16-11+. The SMILES string of the molecule is COc1ccc(S(=O)(=O)Oc2ccc(/C=C(\C#N)C(=O)Nc3cccc(I)c3)cc2Br)cc1. The van der Waals surface area contributed by atoms with Crippen LogP contribution in [0.4, 0.5) is 5.69 Å². The molecule has 33 heavy (non-hydrogen) atoms. The Morgan fingerprint density at radius 2 is 1.85 bits per heavy atom. The molecule has 0 aromatic heterocycles. The Morgan fingerprint density at radius 3 is 2.45 bits per heavy atom. The number of nitrogens with one attached hydrogen (secondary N) is 1. The molecule has 10 heteroatoms. The fourth-order valence-corrected chi connectivity index (χ4v) is 4.74. The van der Waals surface area contributed by atoms with Gasteiger partial charge in [0.05, 0.1) is 11.6 Å². The van der Waals surface area contributed by atoms with Crippen LogP contribution in [0.15, 0.2) is 81.7 Å². The molecule has 3 aromatic rings. The molecule has 3 aromatic carbocycles. The summed E-state index contributed by atoms with van der Waals surface area (Å²) in [5.74, 6) is 0.0217. The third-order valence-electron chi connectivity index (χ3n) is 4.26. The maximum absolute atomic E-state index is 12.6. The van der Waals surface area contributed by atoms with Crippen molar-refractivity contribution in [1.82, 2.24) is 0 Å². The molecule has 0 aliphatic rings. The zero-order valence-corrected chi connectivity index (χ0v) is 21.6. The van der Waals surface area contributed by atoms with Crippen LogP contribution >= 0.6 is 38.5 Å². The first-order valence-corrected chi connectivity index (χ1v) is 12.6. The van der Waals surface area contributed by atoms with E-state index in [0.717, 1.165) is 3.57 Å². The van der Waals surface area contributed by atoms with Crippen molar-refractivity contribution >= 4 is 66.3 Å². The van der Waals surface area contributed by atoms with Gasteiger partial charge in [-0.1, -0.05) is 12.1 Å². The van der Waals surface area contributed by atoms with Gasteiger partial charge in [0.2, 0.25) is 0 Å². The lowest BCUT2D eigenvalue weighted by atomic mass is 10.1. The Balaban J connectivity index is 1.79. The van der Waals surface area contributed by atoms with Gasteiger partial charge in [-0.2, -0.15) is 13.7 Å². The quantitative estimate of drug-likeness (QED) is 0.161. The number of halogens is 2. The summed E-state index contributed by atoms with van der Waals surface area (Å²) >= 11 is 5.41. The number of anilines is 1. The summed E-state index contributed by atoms with van der Waals surface area (Å²) in [5.41, 5.74) is 0.965. The third-order valence-corrected chi connectivity index (χ3v) is 6.80. The molecule has 0 spiro atoms. The minimum atomic E-state index is -4.07. The molecule has 0 heterocycles.